The van der Waals surface area contributed by atoms with E-state index in [0.717, 1.165) is 24.8 Å². The summed E-state index contributed by atoms with van der Waals surface area (Å²) in [6, 6.07) is 18.5. The van der Waals surface area contributed by atoms with Gasteiger partial charge in [0.05, 0.1) is 12.5 Å². The van der Waals surface area contributed by atoms with Crippen LogP contribution >= 0.6 is 12.4 Å². The second-order valence-corrected chi connectivity index (χ2v) is 7.46. The first-order valence-electron chi connectivity index (χ1n) is 10.1. The molecular formula is C23H30ClN3O2. The lowest BCUT2D eigenvalue weighted by Crippen LogP contribution is -2.45. The summed E-state index contributed by atoms with van der Waals surface area (Å²) < 4.78 is 0. The van der Waals surface area contributed by atoms with Gasteiger partial charge in [-0.05, 0) is 43.0 Å². The molecule has 0 saturated heterocycles. The van der Waals surface area contributed by atoms with Crippen molar-refractivity contribution in [3.63, 3.8) is 0 Å². The SMILES string of the molecule is Cl.NCC1CCCCC1NC(=O)CC(NC(=O)c1ccccc1)c1ccccc1. The highest BCUT2D eigenvalue weighted by atomic mass is 35.5. The van der Waals surface area contributed by atoms with Crippen LogP contribution in [0, 0.1) is 5.92 Å². The van der Waals surface area contributed by atoms with Crippen molar-refractivity contribution in [3.8, 4) is 0 Å². The minimum absolute atomic E-state index is 0. The minimum Gasteiger partial charge on any atom is -0.353 e. The van der Waals surface area contributed by atoms with E-state index >= 15 is 0 Å². The molecule has 2 amide bonds. The highest BCUT2D eigenvalue weighted by molar-refractivity contribution is 5.94. The molecule has 0 aromatic heterocycles. The molecule has 0 aliphatic heterocycles. The van der Waals surface area contributed by atoms with Gasteiger partial charge in [0.2, 0.25) is 5.91 Å². The van der Waals surface area contributed by atoms with Crippen LogP contribution in [0.2, 0.25) is 0 Å². The van der Waals surface area contributed by atoms with E-state index in [4.69, 9.17) is 5.73 Å². The fourth-order valence-corrected chi connectivity index (χ4v) is 3.90. The third-order valence-corrected chi connectivity index (χ3v) is 5.49. The second kappa shape index (κ2) is 11.6. The molecule has 1 aliphatic rings. The number of carbonyl (C=O) groups excluding carboxylic acids is 2. The topological polar surface area (TPSA) is 84.2 Å². The Morgan fingerprint density at radius 1 is 0.966 bits per heavy atom. The number of halogens is 1. The Morgan fingerprint density at radius 2 is 1.59 bits per heavy atom. The van der Waals surface area contributed by atoms with E-state index in [1.165, 1.54) is 6.42 Å². The van der Waals surface area contributed by atoms with Crippen molar-refractivity contribution in [3.05, 3.63) is 71.8 Å². The molecule has 1 fully saturated rings. The maximum absolute atomic E-state index is 12.8. The van der Waals surface area contributed by atoms with E-state index in [1.807, 2.05) is 48.5 Å². The van der Waals surface area contributed by atoms with Crippen molar-refractivity contribution in [2.75, 3.05) is 6.54 Å². The van der Waals surface area contributed by atoms with Crippen LogP contribution in [-0.4, -0.2) is 24.4 Å². The highest BCUT2D eigenvalue weighted by Crippen LogP contribution is 2.24. The Kier molecular flexibility index (Phi) is 9.16. The summed E-state index contributed by atoms with van der Waals surface area (Å²) in [5.41, 5.74) is 7.38. The van der Waals surface area contributed by atoms with Gasteiger partial charge in [0, 0.05) is 11.6 Å². The quantitative estimate of drug-likeness (QED) is 0.645. The van der Waals surface area contributed by atoms with Gasteiger partial charge in [-0.25, -0.2) is 0 Å². The van der Waals surface area contributed by atoms with E-state index in [0.29, 0.717) is 18.0 Å². The number of hydrogen-bond acceptors (Lipinski definition) is 3. The molecule has 1 saturated carbocycles. The molecule has 4 N–H and O–H groups in total. The number of carbonyl (C=O) groups is 2. The number of nitrogens with two attached hydrogens (primary N) is 1. The Balaban J connectivity index is 0.00000300. The highest BCUT2D eigenvalue weighted by Gasteiger charge is 2.27. The van der Waals surface area contributed by atoms with Crippen LogP contribution in [0.25, 0.3) is 0 Å². The lowest BCUT2D eigenvalue weighted by Gasteiger charge is -2.32. The summed E-state index contributed by atoms with van der Waals surface area (Å²) in [4.78, 5) is 25.4. The molecule has 5 nitrogen and oxygen atoms in total. The van der Waals surface area contributed by atoms with Gasteiger partial charge >= 0.3 is 0 Å². The van der Waals surface area contributed by atoms with Gasteiger partial charge in [0.1, 0.15) is 0 Å². The van der Waals surface area contributed by atoms with Crippen LogP contribution in [0.1, 0.15) is 54.1 Å². The van der Waals surface area contributed by atoms with Gasteiger partial charge in [0.15, 0.2) is 0 Å². The number of amides is 2. The molecule has 29 heavy (non-hydrogen) atoms. The first-order valence-corrected chi connectivity index (χ1v) is 10.1. The third-order valence-electron chi connectivity index (χ3n) is 5.49. The van der Waals surface area contributed by atoms with E-state index < -0.39 is 0 Å². The molecule has 6 heteroatoms. The van der Waals surface area contributed by atoms with Crippen molar-refractivity contribution in [1.29, 1.82) is 0 Å². The first-order chi connectivity index (χ1) is 13.7. The third kappa shape index (κ3) is 6.58. The normalized spacial score (nSPS) is 19.5. The fourth-order valence-electron chi connectivity index (χ4n) is 3.90. The zero-order chi connectivity index (χ0) is 19.8. The number of rotatable bonds is 7. The summed E-state index contributed by atoms with van der Waals surface area (Å²) in [6.45, 7) is 0.595. The lowest BCUT2D eigenvalue weighted by atomic mass is 9.84. The van der Waals surface area contributed by atoms with E-state index in [1.54, 1.807) is 12.1 Å². The summed E-state index contributed by atoms with van der Waals surface area (Å²) in [5.74, 6) is 0.110. The Morgan fingerprint density at radius 3 is 2.24 bits per heavy atom. The largest absolute Gasteiger partial charge is 0.353 e. The van der Waals surface area contributed by atoms with E-state index in [2.05, 4.69) is 10.6 Å². The molecule has 0 heterocycles. The molecule has 3 rings (SSSR count). The van der Waals surface area contributed by atoms with Crippen LogP contribution in [0.3, 0.4) is 0 Å². The van der Waals surface area contributed by atoms with Gasteiger partial charge in [0.25, 0.3) is 5.91 Å². The van der Waals surface area contributed by atoms with E-state index in [-0.39, 0.29) is 42.7 Å². The molecule has 1 aliphatic carbocycles. The van der Waals surface area contributed by atoms with Crippen molar-refractivity contribution in [2.45, 2.75) is 44.2 Å². The van der Waals surface area contributed by atoms with Crippen LogP contribution in [0.5, 0.6) is 0 Å². The molecule has 0 radical (unpaired) electrons. The van der Waals surface area contributed by atoms with Crippen LogP contribution in [0.4, 0.5) is 0 Å². The fraction of sp³-hybridized carbons (Fsp3) is 0.391. The zero-order valence-electron chi connectivity index (χ0n) is 16.6. The number of nitrogens with one attached hydrogen (secondary N) is 2. The van der Waals surface area contributed by atoms with Crippen molar-refractivity contribution in [2.24, 2.45) is 11.7 Å². The predicted octanol–water partition coefficient (Wildman–Crippen LogP) is 3.60. The van der Waals surface area contributed by atoms with Gasteiger partial charge in [-0.2, -0.15) is 0 Å². The molecule has 3 unspecified atom stereocenters. The van der Waals surface area contributed by atoms with Gasteiger partial charge in [-0.15, -0.1) is 12.4 Å². The van der Waals surface area contributed by atoms with Crippen LogP contribution < -0.4 is 16.4 Å². The van der Waals surface area contributed by atoms with Gasteiger partial charge in [-0.1, -0.05) is 61.4 Å². The summed E-state index contributed by atoms with van der Waals surface area (Å²) in [7, 11) is 0. The smallest absolute Gasteiger partial charge is 0.251 e. The van der Waals surface area contributed by atoms with E-state index in [9.17, 15) is 9.59 Å². The van der Waals surface area contributed by atoms with Crippen molar-refractivity contribution < 1.29 is 9.59 Å². The zero-order valence-corrected chi connectivity index (χ0v) is 17.4. The number of hydrogen-bond donors (Lipinski definition) is 3. The monoisotopic (exact) mass is 415 g/mol. The average molecular weight is 416 g/mol. The van der Waals surface area contributed by atoms with Crippen LogP contribution in [0.15, 0.2) is 60.7 Å². The van der Waals surface area contributed by atoms with Crippen molar-refractivity contribution >= 4 is 24.2 Å². The maximum Gasteiger partial charge on any atom is 0.251 e. The molecule has 3 atom stereocenters. The Bertz CT molecular complexity index is 770. The molecule has 156 valence electrons. The second-order valence-electron chi connectivity index (χ2n) is 7.46. The molecule has 0 bridgehead atoms. The van der Waals surface area contributed by atoms with Gasteiger partial charge < -0.3 is 16.4 Å². The standard InChI is InChI=1S/C23H29N3O2.ClH/c24-16-19-13-7-8-14-20(19)25-22(27)15-21(17-9-3-1-4-10-17)26-23(28)18-11-5-2-6-12-18;/h1-6,9-12,19-21H,7-8,13-16,24H2,(H,25,27)(H,26,28);1H. The number of benzene rings is 2. The van der Waals surface area contributed by atoms with Crippen LogP contribution in [-0.2, 0) is 4.79 Å². The molecular weight excluding hydrogens is 386 g/mol. The average Bonchev–Trinajstić information content (AvgIpc) is 2.75. The predicted molar refractivity (Wildman–Crippen MR) is 118 cm³/mol. The Hall–Kier alpha value is -2.37. The van der Waals surface area contributed by atoms with Gasteiger partial charge in [-0.3, -0.25) is 9.59 Å². The maximum atomic E-state index is 12.8. The first kappa shape index (κ1) is 22.9. The molecule has 2 aromatic rings. The van der Waals surface area contributed by atoms with Crippen molar-refractivity contribution in [1.82, 2.24) is 10.6 Å². The minimum atomic E-state index is -0.381. The summed E-state index contributed by atoms with van der Waals surface area (Å²) in [5, 5.41) is 6.18. The Labute approximate surface area is 178 Å². The summed E-state index contributed by atoms with van der Waals surface area (Å²) in [6.07, 6.45) is 4.53. The molecule has 2 aromatic carbocycles. The molecule has 0 spiro atoms. The lowest BCUT2D eigenvalue weighted by molar-refractivity contribution is -0.122. The summed E-state index contributed by atoms with van der Waals surface area (Å²) >= 11 is 0.